The predicted molar refractivity (Wildman–Crippen MR) is 78.1 cm³/mol. The van der Waals surface area contributed by atoms with Crippen LogP contribution in [0, 0.1) is 15.5 Å². The number of nitro groups is 1. The molecule has 1 saturated heterocycles. The van der Waals surface area contributed by atoms with Crippen molar-refractivity contribution in [2.24, 2.45) is 5.41 Å². The Balaban J connectivity index is 2.30. The molecule has 1 aromatic heterocycles. The second-order valence-corrected chi connectivity index (χ2v) is 5.92. The van der Waals surface area contributed by atoms with E-state index in [9.17, 15) is 10.1 Å². The summed E-state index contributed by atoms with van der Waals surface area (Å²) in [5, 5.41) is 14.2. The number of hydrogen-bond donors (Lipinski definition) is 1. The van der Waals surface area contributed by atoms with Crippen LogP contribution in [0.4, 0.5) is 17.5 Å². The Morgan fingerprint density at radius 1 is 1.55 bits per heavy atom. The number of aromatic nitrogens is 2. The van der Waals surface area contributed by atoms with Crippen molar-refractivity contribution in [1.82, 2.24) is 9.97 Å². The lowest BCUT2D eigenvalue weighted by molar-refractivity contribution is -0.384. The molecule has 0 amide bonds. The van der Waals surface area contributed by atoms with Crippen molar-refractivity contribution in [3.8, 4) is 0 Å². The van der Waals surface area contributed by atoms with E-state index in [0.29, 0.717) is 11.8 Å². The normalized spacial score (nSPS) is 17.2. The van der Waals surface area contributed by atoms with E-state index in [1.165, 1.54) is 6.20 Å². The number of nitrogens with one attached hydrogen (secondary N) is 1. The zero-order valence-electron chi connectivity index (χ0n) is 12.2. The molecule has 20 heavy (non-hydrogen) atoms. The average molecular weight is 279 g/mol. The molecule has 1 aliphatic heterocycles. The summed E-state index contributed by atoms with van der Waals surface area (Å²) in [5.74, 6) is 0.881. The van der Waals surface area contributed by atoms with E-state index in [4.69, 9.17) is 0 Å². The first-order valence-corrected chi connectivity index (χ1v) is 6.93. The highest BCUT2D eigenvalue weighted by molar-refractivity contribution is 5.59. The molecule has 2 heterocycles. The van der Waals surface area contributed by atoms with Gasteiger partial charge in [0.05, 0.1) is 4.92 Å². The Morgan fingerprint density at radius 3 is 2.85 bits per heavy atom. The molecular weight excluding hydrogens is 258 g/mol. The highest BCUT2D eigenvalue weighted by Crippen LogP contribution is 2.35. The van der Waals surface area contributed by atoms with Gasteiger partial charge in [0.25, 0.3) is 0 Å². The van der Waals surface area contributed by atoms with Crippen LogP contribution in [-0.4, -0.2) is 34.5 Å². The van der Waals surface area contributed by atoms with Crippen molar-refractivity contribution in [3.05, 3.63) is 16.3 Å². The highest BCUT2D eigenvalue weighted by Gasteiger charge is 2.33. The van der Waals surface area contributed by atoms with Crippen molar-refractivity contribution in [1.29, 1.82) is 0 Å². The van der Waals surface area contributed by atoms with Gasteiger partial charge in [0, 0.05) is 19.6 Å². The Labute approximate surface area is 118 Å². The maximum Gasteiger partial charge on any atom is 0.329 e. The minimum atomic E-state index is -0.412. The predicted octanol–water partition coefficient (Wildman–Crippen LogP) is 2.44. The molecule has 0 aromatic carbocycles. The molecule has 7 heteroatoms. The van der Waals surface area contributed by atoms with Gasteiger partial charge in [0.15, 0.2) is 0 Å². The molecule has 0 spiro atoms. The Morgan fingerprint density at radius 2 is 2.30 bits per heavy atom. The third-order valence-electron chi connectivity index (χ3n) is 3.46. The quantitative estimate of drug-likeness (QED) is 0.658. The lowest BCUT2D eigenvalue weighted by Crippen LogP contribution is -2.25. The van der Waals surface area contributed by atoms with E-state index in [1.54, 1.807) is 0 Å². The van der Waals surface area contributed by atoms with Gasteiger partial charge in [-0.15, -0.1) is 0 Å². The minimum absolute atomic E-state index is 0.0234. The van der Waals surface area contributed by atoms with E-state index < -0.39 is 4.92 Å². The van der Waals surface area contributed by atoms with Crippen molar-refractivity contribution in [3.63, 3.8) is 0 Å². The van der Waals surface area contributed by atoms with E-state index in [-0.39, 0.29) is 11.1 Å². The molecule has 0 radical (unpaired) electrons. The Bertz CT molecular complexity index is 504. The van der Waals surface area contributed by atoms with Crippen molar-refractivity contribution < 1.29 is 4.92 Å². The number of hydrogen-bond acceptors (Lipinski definition) is 6. The lowest BCUT2D eigenvalue weighted by atomic mass is 9.93. The van der Waals surface area contributed by atoms with Crippen LogP contribution in [0.1, 0.15) is 33.6 Å². The van der Waals surface area contributed by atoms with Gasteiger partial charge in [0.1, 0.15) is 6.20 Å². The molecule has 0 atom stereocenters. The molecule has 1 aromatic rings. The molecule has 0 aliphatic carbocycles. The molecule has 0 unspecified atom stereocenters. The zero-order chi connectivity index (χ0) is 14.8. The molecule has 110 valence electrons. The van der Waals surface area contributed by atoms with Crippen LogP contribution in [0.3, 0.4) is 0 Å². The molecular formula is C13H21N5O2. The van der Waals surface area contributed by atoms with Gasteiger partial charge in [-0.1, -0.05) is 20.8 Å². The molecule has 1 fully saturated rings. The van der Waals surface area contributed by atoms with Gasteiger partial charge in [-0.2, -0.15) is 4.98 Å². The van der Waals surface area contributed by atoms with E-state index in [0.717, 1.165) is 32.5 Å². The van der Waals surface area contributed by atoms with Crippen LogP contribution in [0.5, 0.6) is 0 Å². The monoisotopic (exact) mass is 279 g/mol. The fourth-order valence-corrected chi connectivity index (χ4v) is 2.34. The molecule has 0 saturated carbocycles. The summed E-state index contributed by atoms with van der Waals surface area (Å²) in [4.78, 5) is 21.1. The van der Waals surface area contributed by atoms with Gasteiger partial charge >= 0.3 is 5.69 Å². The average Bonchev–Trinajstić information content (AvgIpc) is 2.76. The van der Waals surface area contributed by atoms with Gasteiger partial charge in [-0.3, -0.25) is 10.1 Å². The molecule has 7 nitrogen and oxygen atoms in total. The topological polar surface area (TPSA) is 84.2 Å². The summed E-state index contributed by atoms with van der Waals surface area (Å²) in [6.07, 6.45) is 3.25. The lowest BCUT2D eigenvalue weighted by Gasteiger charge is -2.20. The van der Waals surface area contributed by atoms with E-state index in [1.807, 2.05) is 11.8 Å². The summed E-state index contributed by atoms with van der Waals surface area (Å²) < 4.78 is 0. The van der Waals surface area contributed by atoms with Crippen molar-refractivity contribution in [2.75, 3.05) is 29.9 Å². The van der Waals surface area contributed by atoms with Gasteiger partial charge in [-0.05, 0) is 18.3 Å². The fraction of sp³-hybridized carbons (Fsp3) is 0.692. The third kappa shape index (κ3) is 3.15. The summed E-state index contributed by atoms with van der Waals surface area (Å²) in [6.45, 7) is 8.69. The first-order chi connectivity index (χ1) is 9.43. The Kier molecular flexibility index (Phi) is 4.06. The second kappa shape index (κ2) is 5.60. The Hall–Kier alpha value is -1.92. The van der Waals surface area contributed by atoms with Gasteiger partial charge in [-0.25, -0.2) is 4.98 Å². The standard InChI is InChI=1S/C13H21N5O2/c1-4-6-14-12-15-8-10(18(19)20)11(16-12)17-7-5-13(2,3)9-17/h8H,4-7,9H2,1-3H3,(H,14,15,16). The highest BCUT2D eigenvalue weighted by atomic mass is 16.6. The summed E-state index contributed by atoms with van der Waals surface area (Å²) in [5.41, 5.74) is 0.139. The number of anilines is 2. The molecule has 0 bridgehead atoms. The zero-order valence-corrected chi connectivity index (χ0v) is 12.2. The number of nitrogens with zero attached hydrogens (tertiary/aromatic N) is 4. The molecule has 1 aliphatic rings. The van der Waals surface area contributed by atoms with Crippen LogP contribution in [0.2, 0.25) is 0 Å². The second-order valence-electron chi connectivity index (χ2n) is 5.92. The first kappa shape index (κ1) is 14.5. The van der Waals surface area contributed by atoms with Crippen LogP contribution in [0.15, 0.2) is 6.20 Å². The first-order valence-electron chi connectivity index (χ1n) is 6.93. The molecule has 1 N–H and O–H groups in total. The van der Waals surface area contributed by atoms with Crippen molar-refractivity contribution >= 4 is 17.5 Å². The maximum absolute atomic E-state index is 11.1. The summed E-state index contributed by atoms with van der Waals surface area (Å²) in [6, 6.07) is 0. The summed E-state index contributed by atoms with van der Waals surface area (Å²) >= 11 is 0. The van der Waals surface area contributed by atoms with Crippen molar-refractivity contribution in [2.45, 2.75) is 33.6 Å². The van der Waals surface area contributed by atoms with Crippen LogP contribution in [-0.2, 0) is 0 Å². The largest absolute Gasteiger partial charge is 0.354 e. The minimum Gasteiger partial charge on any atom is -0.354 e. The van der Waals surface area contributed by atoms with E-state index in [2.05, 4.69) is 29.1 Å². The summed E-state index contributed by atoms with van der Waals surface area (Å²) in [7, 11) is 0. The fourth-order valence-electron chi connectivity index (χ4n) is 2.34. The van der Waals surface area contributed by atoms with Gasteiger partial charge < -0.3 is 10.2 Å². The van der Waals surface area contributed by atoms with Gasteiger partial charge in [0.2, 0.25) is 11.8 Å². The number of rotatable bonds is 5. The molecule has 2 rings (SSSR count). The SMILES string of the molecule is CCCNc1ncc([N+](=O)[O-])c(N2CCC(C)(C)C2)n1. The van der Waals surface area contributed by atoms with E-state index >= 15 is 0 Å². The third-order valence-corrected chi connectivity index (χ3v) is 3.46. The smallest absolute Gasteiger partial charge is 0.329 e. The van der Waals surface area contributed by atoms with Crippen LogP contribution < -0.4 is 10.2 Å². The van der Waals surface area contributed by atoms with Crippen LogP contribution >= 0.6 is 0 Å². The van der Waals surface area contributed by atoms with Crippen LogP contribution in [0.25, 0.3) is 0 Å². The maximum atomic E-state index is 11.1.